The van der Waals surface area contributed by atoms with Crippen molar-refractivity contribution >= 4 is 5.91 Å². The van der Waals surface area contributed by atoms with E-state index in [2.05, 4.69) is 5.32 Å². The van der Waals surface area contributed by atoms with Gasteiger partial charge < -0.3 is 19.5 Å². The second-order valence-electron chi connectivity index (χ2n) is 6.50. The Morgan fingerprint density at radius 2 is 1.62 bits per heavy atom. The van der Waals surface area contributed by atoms with Gasteiger partial charge in [-0.05, 0) is 47.9 Å². The monoisotopic (exact) mass is 391 g/mol. The average molecular weight is 391 g/mol. The number of nitrogens with one attached hydrogen (secondary N) is 1. The molecule has 0 saturated carbocycles. The number of carbonyl (C=O) groups is 1. The van der Waals surface area contributed by atoms with Crippen LogP contribution < -0.4 is 19.5 Å². The molecule has 3 aromatic carbocycles. The van der Waals surface area contributed by atoms with E-state index in [1.54, 1.807) is 26.4 Å². The molecule has 0 radical (unpaired) electrons. The Balaban J connectivity index is 1.53. The van der Waals surface area contributed by atoms with Gasteiger partial charge in [0.25, 0.3) is 5.91 Å². The van der Waals surface area contributed by atoms with Gasteiger partial charge >= 0.3 is 0 Å². The lowest BCUT2D eigenvalue weighted by atomic mass is 10.1. The van der Waals surface area contributed by atoms with Crippen LogP contribution >= 0.6 is 0 Å². The molecular weight excluding hydrogens is 366 g/mol. The van der Waals surface area contributed by atoms with Gasteiger partial charge in [0.15, 0.2) is 11.5 Å². The van der Waals surface area contributed by atoms with Crippen LogP contribution in [0.4, 0.5) is 0 Å². The highest BCUT2D eigenvalue weighted by Gasteiger charge is 2.08. The normalized spacial score (nSPS) is 10.3. The topological polar surface area (TPSA) is 56.8 Å². The summed E-state index contributed by atoms with van der Waals surface area (Å²) in [6, 6.07) is 22.9. The van der Waals surface area contributed by atoms with Gasteiger partial charge in [-0.3, -0.25) is 4.79 Å². The molecule has 1 amide bonds. The molecule has 0 unspecified atom stereocenters. The van der Waals surface area contributed by atoms with Crippen molar-refractivity contribution in [1.29, 1.82) is 0 Å². The summed E-state index contributed by atoms with van der Waals surface area (Å²) >= 11 is 0. The lowest BCUT2D eigenvalue weighted by Gasteiger charge is -2.11. The van der Waals surface area contributed by atoms with Crippen LogP contribution in [0.1, 0.15) is 21.5 Å². The summed E-state index contributed by atoms with van der Waals surface area (Å²) in [5.41, 5.74) is 2.71. The van der Waals surface area contributed by atoms with E-state index >= 15 is 0 Å². The van der Waals surface area contributed by atoms with E-state index in [9.17, 15) is 4.79 Å². The molecule has 0 aliphatic carbocycles. The van der Waals surface area contributed by atoms with Crippen LogP contribution in [0, 0.1) is 0 Å². The van der Waals surface area contributed by atoms with Crippen molar-refractivity contribution in [2.75, 3.05) is 20.8 Å². The number of rotatable bonds is 9. The van der Waals surface area contributed by atoms with Crippen LogP contribution in [0.2, 0.25) is 0 Å². The molecule has 0 aliphatic heterocycles. The molecule has 5 heteroatoms. The smallest absolute Gasteiger partial charge is 0.251 e. The largest absolute Gasteiger partial charge is 0.493 e. The molecule has 0 aliphatic rings. The second-order valence-corrected chi connectivity index (χ2v) is 6.50. The Hall–Kier alpha value is -3.47. The Morgan fingerprint density at radius 1 is 0.828 bits per heavy atom. The third kappa shape index (κ3) is 5.75. The molecule has 150 valence electrons. The first-order chi connectivity index (χ1) is 14.2. The molecule has 29 heavy (non-hydrogen) atoms. The first kappa shape index (κ1) is 20.3. The molecule has 3 rings (SSSR count). The molecule has 0 fully saturated rings. The summed E-state index contributed by atoms with van der Waals surface area (Å²) in [5, 5.41) is 2.95. The van der Waals surface area contributed by atoms with E-state index in [4.69, 9.17) is 14.2 Å². The van der Waals surface area contributed by atoms with E-state index in [0.717, 1.165) is 11.1 Å². The van der Waals surface area contributed by atoms with Crippen molar-refractivity contribution < 1.29 is 19.0 Å². The van der Waals surface area contributed by atoms with E-state index < -0.39 is 0 Å². The zero-order valence-electron chi connectivity index (χ0n) is 16.7. The van der Waals surface area contributed by atoms with Gasteiger partial charge in [0.1, 0.15) is 12.4 Å². The fraction of sp³-hybridized carbons (Fsp3) is 0.208. The Kier molecular flexibility index (Phi) is 7.11. The van der Waals surface area contributed by atoms with Crippen molar-refractivity contribution in [2.45, 2.75) is 13.0 Å². The standard InChI is InChI=1S/C24H25NO4/c1-27-22-12-11-18(15-23(22)28-2)13-14-25-24(26)20-9-6-10-21(16-20)29-17-19-7-4-3-5-8-19/h3-12,15-16H,13-14,17H2,1-2H3,(H,25,26). The number of hydrogen-bond acceptors (Lipinski definition) is 4. The van der Waals surface area contributed by atoms with Crippen molar-refractivity contribution in [2.24, 2.45) is 0 Å². The van der Waals surface area contributed by atoms with E-state index in [0.29, 0.717) is 42.4 Å². The number of benzene rings is 3. The minimum Gasteiger partial charge on any atom is -0.493 e. The summed E-state index contributed by atoms with van der Waals surface area (Å²) in [4.78, 5) is 12.5. The van der Waals surface area contributed by atoms with Gasteiger partial charge in [-0.2, -0.15) is 0 Å². The number of methoxy groups -OCH3 is 2. The van der Waals surface area contributed by atoms with Gasteiger partial charge in [0, 0.05) is 12.1 Å². The van der Waals surface area contributed by atoms with E-state index in [1.807, 2.05) is 60.7 Å². The van der Waals surface area contributed by atoms with E-state index in [-0.39, 0.29) is 5.91 Å². The predicted octanol–water partition coefficient (Wildman–Crippen LogP) is 4.26. The van der Waals surface area contributed by atoms with E-state index in [1.165, 1.54) is 0 Å². The maximum absolute atomic E-state index is 12.5. The molecule has 0 aromatic heterocycles. The molecule has 1 N–H and O–H groups in total. The van der Waals surface area contributed by atoms with Crippen molar-refractivity contribution in [3.05, 3.63) is 89.5 Å². The van der Waals surface area contributed by atoms with Crippen LogP contribution in [0.25, 0.3) is 0 Å². The second kappa shape index (κ2) is 10.2. The summed E-state index contributed by atoms with van der Waals surface area (Å²) in [5.74, 6) is 1.91. The fourth-order valence-electron chi connectivity index (χ4n) is 2.93. The van der Waals surface area contributed by atoms with Crippen LogP contribution in [-0.2, 0) is 13.0 Å². The average Bonchev–Trinajstić information content (AvgIpc) is 2.78. The molecule has 0 bridgehead atoms. The first-order valence-electron chi connectivity index (χ1n) is 9.45. The highest BCUT2D eigenvalue weighted by atomic mass is 16.5. The van der Waals surface area contributed by atoms with Gasteiger partial charge in [-0.1, -0.05) is 42.5 Å². The summed E-state index contributed by atoms with van der Waals surface area (Å²) < 4.78 is 16.4. The minimum atomic E-state index is -0.129. The summed E-state index contributed by atoms with van der Waals surface area (Å²) in [6.07, 6.45) is 0.691. The third-order valence-electron chi connectivity index (χ3n) is 4.49. The van der Waals surface area contributed by atoms with Crippen molar-refractivity contribution in [1.82, 2.24) is 5.32 Å². The van der Waals surface area contributed by atoms with Gasteiger partial charge in [0.05, 0.1) is 14.2 Å². The molecule has 5 nitrogen and oxygen atoms in total. The molecule has 0 spiro atoms. The minimum absolute atomic E-state index is 0.129. The zero-order chi connectivity index (χ0) is 20.5. The maximum Gasteiger partial charge on any atom is 0.251 e. The van der Waals surface area contributed by atoms with Crippen LogP contribution in [0.15, 0.2) is 72.8 Å². The number of hydrogen-bond donors (Lipinski definition) is 1. The lowest BCUT2D eigenvalue weighted by molar-refractivity contribution is 0.0953. The Morgan fingerprint density at radius 3 is 2.38 bits per heavy atom. The number of ether oxygens (including phenoxy) is 3. The van der Waals surface area contributed by atoms with Crippen LogP contribution in [0.5, 0.6) is 17.2 Å². The van der Waals surface area contributed by atoms with Gasteiger partial charge in [-0.25, -0.2) is 0 Å². The highest BCUT2D eigenvalue weighted by Crippen LogP contribution is 2.27. The first-order valence-corrected chi connectivity index (χ1v) is 9.45. The molecule has 3 aromatic rings. The fourth-order valence-corrected chi connectivity index (χ4v) is 2.93. The Bertz CT molecular complexity index is 941. The Labute approximate surface area is 171 Å². The zero-order valence-corrected chi connectivity index (χ0v) is 16.7. The molecule has 0 atom stereocenters. The SMILES string of the molecule is COc1ccc(CCNC(=O)c2cccc(OCc3ccccc3)c2)cc1OC. The summed E-state index contributed by atoms with van der Waals surface area (Å²) in [6.45, 7) is 0.981. The van der Waals surface area contributed by atoms with Gasteiger partial charge in [0.2, 0.25) is 0 Å². The third-order valence-corrected chi connectivity index (χ3v) is 4.49. The van der Waals surface area contributed by atoms with Crippen LogP contribution in [0.3, 0.4) is 0 Å². The lowest BCUT2D eigenvalue weighted by Crippen LogP contribution is -2.25. The van der Waals surface area contributed by atoms with Crippen molar-refractivity contribution in [3.8, 4) is 17.2 Å². The highest BCUT2D eigenvalue weighted by molar-refractivity contribution is 5.94. The predicted molar refractivity (Wildman–Crippen MR) is 113 cm³/mol. The van der Waals surface area contributed by atoms with Crippen molar-refractivity contribution in [3.63, 3.8) is 0 Å². The maximum atomic E-state index is 12.5. The molecular formula is C24H25NO4. The summed E-state index contributed by atoms with van der Waals surface area (Å²) in [7, 11) is 3.21. The quantitative estimate of drug-likeness (QED) is 0.592. The number of amides is 1. The molecule has 0 heterocycles. The van der Waals surface area contributed by atoms with Gasteiger partial charge in [-0.15, -0.1) is 0 Å². The number of carbonyl (C=O) groups excluding carboxylic acids is 1. The molecule has 0 saturated heterocycles. The van der Waals surface area contributed by atoms with Crippen LogP contribution in [-0.4, -0.2) is 26.7 Å².